The van der Waals surface area contributed by atoms with Crippen molar-refractivity contribution in [2.45, 2.75) is 30.8 Å². The zero-order valence-electron chi connectivity index (χ0n) is 13.5. The van der Waals surface area contributed by atoms with Crippen molar-refractivity contribution in [3.8, 4) is 6.07 Å². The quantitative estimate of drug-likeness (QED) is 0.638. The van der Waals surface area contributed by atoms with E-state index in [-0.39, 0.29) is 0 Å². The lowest BCUT2D eigenvalue weighted by Gasteiger charge is -2.07. The molecule has 0 fully saturated rings. The number of thioether (sulfide) groups is 1. The first-order valence-electron chi connectivity index (χ1n) is 7.88. The lowest BCUT2D eigenvalue weighted by molar-refractivity contribution is 0.651. The molecule has 3 rings (SSSR count). The highest BCUT2D eigenvalue weighted by Crippen LogP contribution is 2.23. The van der Waals surface area contributed by atoms with Gasteiger partial charge in [0.25, 0.3) is 0 Å². The number of hydrogen-bond acceptors (Lipinski definition) is 4. The molecule has 0 atom stereocenters. The smallest absolute Gasteiger partial charge is 0.191 e. The maximum atomic E-state index is 8.85. The van der Waals surface area contributed by atoms with Crippen LogP contribution in [-0.2, 0) is 18.7 Å². The third kappa shape index (κ3) is 3.84. The van der Waals surface area contributed by atoms with Gasteiger partial charge in [0.2, 0.25) is 0 Å². The maximum Gasteiger partial charge on any atom is 0.191 e. The second-order valence-electron chi connectivity index (χ2n) is 5.40. The average molecular weight is 334 g/mol. The van der Waals surface area contributed by atoms with E-state index in [9.17, 15) is 0 Å². The summed E-state index contributed by atoms with van der Waals surface area (Å²) in [7, 11) is 0. The van der Waals surface area contributed by atoms with Crippen molar-refractivity contribution < 1.29 is 0 Å². The molecule has 0 aliphatic carbocycles. The van der Waals surface area contributed by atoms with E-state index in [2.05, 4.69) is 39.9 Å². The number of benzene rings is 2. The molecule has 1 aromatic heterocycles. The summed E-state index contributed by atoms with van der Waals surface area (Å²) in [6, 6.07) is 20.1. The van der Waals surface area contributed by atoms with E-state index in [0.29, 0.717) is 5.56 Å². The molecule has 0 aliphatic heterocycles. The molecule has 0 amide bonds. The molecule has 0 saturated carbocycles. The van der Waals surface area contributed by atoms with Crippen molar-refractivity contribution in [1.82, 2.24) is 14.8 Å². The Bertz CT molecular complexity index is 832. The third-order valence-corrected chi connectivity index (χ3v) is 4.80. The minimum Gasteiger partial charge on any atom is -0.306 e. The summed E-state index contributed by atoms with van der Waals surface area (Å²) in [5.74, 6) is 1.81. The lowest BCUT2D eigenvalue weighted by Crippen LogP contribution is -2.04. The number of rotatable bonds is 6. The molecule has 0 saturated heterocycles. The highest BCUT2D eigenvalue weighted by Gasteiger charge is 2.12. The van der Waals surface area contributed by atoms with E-state index in [0.717, 1.165) is 29.7 Å². The van der Waals surface area contributed by atoms with Crippen LogP contribution < -0.4 is 0 Å². The number of nitrogens with zero attached hydrogens (tertiary/aromatic N) is 4. The van der Waals surface area contributed by atoms with Crippen LogP contribution in [-0.4, -0.2) is 14.8 Å². The first-order chi connectivity index (χ1) is 11.8. The maximum absolute atomic E-state index is 8.85. The van der Waals surface area contributed by atoms with Gasteiger partial charge in [-0.3, -0.25) is 0 Å². The summed E-state index contributed by atoms with van der Waals surface area (Å²) in [6.45, 7) is 2.97. The standard InChI is InChI=1S/C19H18N4S/c1-2-23-18(12-15-6-4-3-5-7-15)21-22-19(23)24-14-17-10-8-16(13-20)9-11-17/h3-11H,2,12,14H2,1H3. The van der Waals surface area contributed by atoms with Crippen molar-refractivity contribution in [2.24, 2.45) is 0 Å². The van der Waals surface area contributed by atoms with Gasteiger partial charge >= 0.3 is 0 Å². The van der Waals surface area contributed by atoms with E-state index in [1.807, 2.05) is 42.5 Å². The molecule has 4 nitrogen and oxygen atoms in total. The topological polar surface area (TPSA) is 54.5 Å². The highest BCUT2D eigenvalue weighted by atomic mass is 32.2. The Labute approximate surface area is 146 Å². The first kappa shape index (κ1) is 16.3. The monoisotopic (exact) mass is 334 g/mol. The normalized spacial score (nSPS) is 10.5. The molecular formula is C19H18N4S. The van der Waals surface area contributed by atoms with Crippen LogP contribution in [0.5, 0.6) is 0 Å². The SMILES string of the molecule is CCn1c(Cc2ccccc2)nnc1SCc1ccc(C#N)cc1. The summed E-state index contributed by atoms with van der Waals surface area (Å²) in [6.07, 6.45) is 0.791. The van der Waals surface area contributed by atoms with Gasteiger partial charge in [0.1, 0.15) is 5.82 Å². The zero-order valence-corrected chi connectivity index (χ0v) is 14.3. The average Bonchev–Trinajstić information content (AvgIpc) is 3.02. The molecule has 24 heavy (non-hydrogen) atoms. The van der Waals surface area contributed by atoms with Crippen molar-refractivity contribution >= 4 is 11.8 Å². The van der Waals surface area contributed by atoms with Crippen LogP contribution in [0, 0.1) is 11.3 Å². The molecule has 0 spiro atoms. The van der Waals surface area contributed by atoms with E-state index in [1.54, 1.807) is 11.8 Å². The van der Waals surface area contributed by atoms with Crippen LogP contribution in [0.25, 0.3) is 0 Å². The fourth-order valence-corrected chi connectivity index (χ4v) is 3.45. The summed E-state index contributed by atoms with van der Waals surface area (Å²) < 4.78 is 2.17. The van der Waals surface area contributed by atoms with E-state index < -0.39 is 0 Å². The van der Waals surface area contributed by atoms with Gasteiger partial charge in [0, 0.05) is 18.7 Å². The van der Waals surface area contributed by atoms with Gasteiger partial charge in [0.05, 0.1) is 11.6 Å². The van der Waals surface area contributed by atoms with Crippen LogP contribution in [0.15, 0.2) is 59.8 Å². The Morgan fingerprint density at radius 2 is 1.75 bits per heavy atom. The number of hydrogen-bond donors (Lipinski definition) is 0. The highest BCUT2D eigenvalue weighted by molar-refractivity contribution is 7.98. The van der Waals surface area contributed by atoms with Crippen molar-refractivity contribution in [1.29, 1.82) is 5.26 Å². The molecule has 0 N–H and O–H groups in total. The second-order valence-corrected chi connectivity index (χ2v) is 6.35. The molecular weight excluding hydrogens is 316 g/mol. The minimum absolute atomic E-state index is 0.686. The second kappa shape index (κ2) is 7.80. The Hall–Kier alpha value is -2.58. The Morgan fingerprint density at radius 3 is 2.42 bits per heavy atom. The minimum atomic E-state index is 0.686. The predicted octanol–water partition coefficient (Wildman–Crippen LogP) is 4.05. The van der Waals surface area contributed by atoms with Crippen LogP contribution in [0.4, 0.5) is 0 Å². The molecule has 0 unspecified atom stereocenters. The van der Waals surface area contributed by atoms with Gasteiger partial charge in [-0.05, 0) is 30.2 Å². The van der Waals surface area contributed by atoms with Crippen LogP contribution in [0.3, 0.4) is 0 Å². The summed E-state index contributed by atoms with van der Waals surface area (Å²) in [4.78, 5) is 0. The van der Waals surface area contributed by atoms with Crippen molar-refractivity contribution in [3.05, 3.63) is 77.1 Å². The Kier molecular flexibility index (Phi) is 5.29. The van der Waals surface area contributed by atoms with E-state index in [4.69, 9.17) is 5.26 Å². The summed E-state index contributed by atoms with van der Waals surface area (Å²) in [5, 5.41) is 18.5. The van der Waals surface area contributed by atoms with Crippen LogP contribution in [0.2, 0.25) is 0 Å². The molecule has 5 heteroatoms. The molecule has 1 heterocycles. The molecule has 2 aromatic carbocycles. The van der Waals surface area contributed by atoms with Gasteiger partial charge in [-0.15, -0.1) is 10.2 Å². The van der Waals surface area contributed by atoms with Gasteiger partial charge in [-0.25, -0.2) is 0 Å². The Morgan fingerprint density at radius 1 is 1.00 bits per heavy atom. The molecule has 3 aromatic rings. The predicted molar refractivity (Wildman–Crippen MR) is 95.7 cm³/mol. The van der Waals surface area contributed by atoms with Crippen LogP contribution >= 0.6 is 11.8 Å². The third-order valence-electron chi connectivity index (χ3n) is 3.77. The van der Waals surface area contributed by atoms with Gasteiger partial charge in [-0.2, -0.15) is 5.26 Å². The van der Waals surface area contributed by atoms with Gasteiger partial charge in [-0.1, -0.05) is 54.2 Å². The Balaban J connectivity index is 1.70. The summed E-state index contributed by atoms with van der Waals surface area (Å²) in [5.41, 5.74) is 3.10. The van der Waals surface area contributed by atoms with Crippen molar-refractivity contribution in [3.63, 3.8) is 0 Å². The van der Waals surface area contributed by atoms with E-state index in [1.165, 1.54) is 11.1 Å². The molecule has 120 valence electrons. The molecule has 0 aliphatic rings. The fraction of sp³-hybridized carbons (Fsp3) is 0.211. The largest absolute Gasteiger partial charge is 0.306 e. The van der Waals surface area contributed by atoms with Gasteiger partial charge in [0.15, 0.2) is 5.16 Å². The van der Waals surface area contributed by atoms with Crippen LogP contribution in [0.1, 0.15) is 29.4 Å². The van der Waals surface area contributed by atoms with Crippen molar-refractivity contribution in [2.75, 3.05) is 0 Å². The molecule has 0 radical (unpaired) electrons. The zero-order chi connectivity index (χ0) is 16.8. The summed E-state index contributed by atoms with van der Waals surface area (Å²) >= 11 is 1.68. The first-order valence-corrected chi connectivity index (χ1v) is 8.86. The fourth-order valence-electron chi connectivity index (χ4n) is 2.48. The number of nitriles is 1. The number of aromatic nitrogens is 3. The molecule has 0 bridgehead atoms. The van der Waals surface area contributed by atoms with E-state index >= 15 is 0 Å². The lowest BCUT2D eigenvalue weighted by atomic mass is 10.1. The van der Waals surface area contributed by atoms with Gasteiger partial charge < -0.3 is 4.57 Å².